The molecule has 0 aliphatic heterocycles. The van der Waals surface area contributed by atoms with Crippen LogP contribution in [0.3, 0.4) is 0 Å². The van der Waals surface area contributed by atoms with Crippen LogP contribution in [-0.2, 0) is 5.75 Å². The van der Waals surface area contributed by atoms with Crippen molar-refractivity contribution in [2.45, 2.75) is 17.8 Å². The van der Waals surface area contributed by atoms with E-state index in [0.29, 0.717) is 21.8 Å². The highest BCUT2D eigenvalue weighted by Crippen LogP contribution is 2.26. The Bertz CT molecular complexity index is 1240. The Kier molecular flexibility index (Phi) is 4.96. The zero-order valence-corrected chi connectivity index (χ0v) is 15.8. The minimum atomic E-state index is -0.809. The van der Waals surface area contributed by atoms with E-state index in [1.807, 2.05) is 25.1 Å². The SMILES string of the molecule is Cc1cccc(CSc2nc3ccccc3c(=O)n2-c2ccc(F)cc2F)c1. The lowest BCUT2D eigenvalue weighted by molar-refractivity contribution is 0.572. The molecule has 0 aliphatic rings. The van der Waals surface area contributed by atoms with Crippen LogP contribution in [0.2, 0.25) is 0 Å². The number of benzene rings is 3. The second kappa shape index (κ2) is 7.56. The molecule has 140 valence electrons. The molecule has 0 spiro atoms. The topological polar surface area (TPSA) is 34.9 Å². The third-order valence-corrected chi connectivity index (χ3v) is 5.36. The van der Waals surface area contributed by atoms with Crippen LogP contribution in [0.5, 0.6) is 0 Å². The van der Waals surface area contributed by atoms with E-state index in [0.717, 1.165) is 23.3 Å². The van der Waals surface area contributed by atoms with Crippen molar-refractivity contribution in [3.05, 3.63) is 99.8 Å². The van der Waals surface area contributed by atoms with Gasteiger partial charge in [-0.15, -0.1) is 0 Å². The normalized spacial score (nSPS) is 11.1. The van der Waals surface area contributed by atoms with Gasteiger partial charge in [0.2, 0.25) is 0 Å². The first-order valence-corrected chi connectivity index (χ1v) is 9.67. The van der Waals surface area contributed by atoms with E-state index in [4.69, 9.17) is 0 Å². The largest absolute Gasteiger partial charge is 0.268 e. The van der Waals surface area contributed by atoms with Gasteiger partial charge in [-0.1, -0.05) is 53.7 Å². The first-order valence-electron chi connectivity index (χ1n) is 8.68. The highest BCUT2D eigenvalue weighted by molar-refractivity contribution is 7.98. The zero-order valence-electron chi connectivity index (χ0n) is 15.0. The molecule has 0 fully saturated rings. The van der Waals surface area contributed by atoms with Crippen LogP contribution in [0, 0.1) is 18.6 Å². The molecule has 3 aromatic carbocycles. The van der Waals surface area contributed by atoms with Gasteiger partial charge in [0.1, 0.15) is 11.6 Å². The van der Waals surface area contributed by atoms with Crippen LogP contribution in [0.1, 0.15) is 11.1 Å². The van der Waals surface area contributed by atoms with Crippen molar-refractivity contribution in [1.29, 1.82) is 0 Å². The standard InChI is InChI=1S/C22H16F2N2OS/c1-14-5-4-6-15(11-14)13-28-22-25-19-8-3-2-7-17(19)21(27)26(22)20-10-9-16(23)12-18(20)24/h2-12H,13H2,1H3. The first kappa shape index (κ1) is 18.4. The van der Waals surface area contributed by atoms with Gasteiger partial charge >= 0.3 is 0 Å². The number of rotatable bonds is 4. The molecule has 4 aromatic rings. The summed E-state index contributed by atoms with van der Waals surface area (Å²) in [5.41, 5.74) is 2.34. The molecule has 0 amide bonds. The van der Waals surface area contributed by atoms with Crippen LogP contribution in [0.25, 0.3) is 16.6 Å². The maximum Gasteiger partial charge on any atom is 0.266 e. The highest BCUT2D eigenvalue weighted by Gasteiger charge is 2.16. The van der Waals surface area contributed by atoms with Gasteiger partial charge in [0.05, 0.1) is 16.6 Å². The predicted molar refractivity (Wildman–Crippen MR) is 108 cm³/mol. The number of halogens is 2. The Balaban J connectivity index is 1.87. The van der Waals surface area contributed by atoms with Gasteiger partial charge in [-0.3, -0.25) is 9.36 Å². The van der Waals surface area contributed by atoms with Gasteiger partial charge in [-0.05, 0) is 36.8 Å². The molecule has 6 heteroatoms. The summed E-state index contributed by atoms with van der Waals surface area (Å²) in [5, 5.41) is 0.738. The predicted octanol–water partition coefficient (Wildman–Crippen LogP) is 5.26. The van der Waals surface area contributed by atoms with Crippen molar-refractivity contribution in [3.63, 3.8) is 0 Å². The Labute approximate surface area is 164 Å². The van der Waals surface area contributed by atoms with Crippen molar-refractivity contribution in [3.8, 4) is 5.69 Å². The summed E-state index contributed by atoms with van der Waals surface area (Å²) >= 11 is 1.34. The van der Waals surface area contributed by atoms with Crippen molar-refractivity contribution >= 4 is 22.7 Å². The summed E-state index contributed by atoms with van der Waals surface area (Å²) < 4.78 is 29.1. The number of hydrogen-bond donors (Lipinski definition) is 0. The Hall–Kier alpha value is -2.99. The quantitative estimate of drug-likeness (QED) is 0.350. The first-order chi connectivity index (χ1) is 13.5. The molecule has 1 heterocycles. The van der Waals surface area contributed by atoms with Gasteiger partial charge in [-0.2, -0.15) is 0 Å². The summed E-state index contributed by atoms with van der Waals surface area (Å²) in [7, 11) is 0. The average molecular weight is 394 g/mol. The third-order valence-electron chi connectivity index (χ3n) is 4.35. The van der Waals surface area contributed by atoms with E-state index in [2.05, 4.69) is 11.1 Å². The lowest BCUT2D eigenvalue weighted by Gasteiger charge is -2.14. The fourth-order valence-electron chi connectivity index (χ4n) is 3.03. The number of fused-ring (bicyclic) bond motifs is 1. The smallest absolute Gasteiger partial charge is 0.266 e. The summed E-state index contributed by atoms with van der Waals surface area (Å²) in [4.78, 5) is 17.7. The number of para-hydroxylation sites is 1. The van der Waals surface area contributed by atoms with Crippen molar-refractivity contribution in [2.75, 3.05) is 0 Å². The summed E-state index contributed by atoms with van der Waals surface area (Å²) in [5.74, 6) is -0.941. The van der Waals surface area contributed by atoms with E-state index < -0.39 is 11.6 Å². The molecule has 0 bridgehead atoms. The summed E-state index contributed by atoms with van der Waals surface area (Å²) in [6.07, 6.45) is 0. The Morgan fingerprint density at radius 1 is 1.00 bits per heavy atom. The van der Waals surface area contributed by atoms with E-state index >= 15 is 0 Å². The third kappa shape index (κ3) is 3.55. The van der Waals surface area contributed by atoms with E-state index in [9.17, 15) is 13.6 Å². The van der Waals surface area contributed by atoms with Crippen LogP contribution in [0.4, 0.5) is 8.78 Å². The Morgan fingerprint density at radius 3 is 2.61 bits per heavy atom. The number of thioether (sulfide) groups is 1. The van der Waals surface area contributed by atoms with Crippen LogP contribution in [-0.4, -0.2) is 9.55 Å². The fraction of sp³-hybridized carbons (Fsp3) is 0.0909. The molecule has 0 unspecified atom stereocenters. The molecular weight excluding hydrogens is 378 g/mol. The van der Waals surface area contributed by atoms with Crippen molar-refractivity contribution in [1.82, 2.24) is 9.55 Å². The zero-order chi connectivity index (χ0) is 19.7. The summed E-state index contributed by atoms with van der Waals surface area (Å²) in [6.45, 7) is 2.01. The van der Waals surface area contributed by atoms with Crippen molar-refractivity contribution < 1.29 is 8.78 Å². The second-order valence-corrected chi connectivity index (χ2v) is 7.37. The molecule has 0 N–H and O–H groups in total. The van der Waals surface area contributed by atoms with Gasteiger partial charge in [0.25, 0.3) is 5.56 Å². The van der Waals surface area contributed by atoms with Gasteiger partial charge < -0.3 is 0 Å². The van der Waals surface area contributed by atoms with Gasteiger partial charge in [-0.25, -0.2) is 13.8 Å². The monoisotopic (exact) mass is 394 g/mol. The highest BCUT2D eigenvalue weighted by atomic mass is 32.2. The minimum Gasteiger partial charge on any atom is -0.268 e. The fourth-order valence-corrected chi connectivity index (χ4v) is 3.98. The maximum absolute atomic E-state index is 14.5. The molecule has 4 rings (SSSR count). The number of hydrogen-bond acceptors (Lipinski definition) is 3. The molecule has 0 aliphatic carbocycles. The van der Waals surface area contributed by atoms with Gasteiger partial charge in [0.15, 0.2) is 5.16 Å². The van der Waals surface area contributed by atoms with Crippen LogP contribution < -0.4 is 5.56 Å². The van der Waals surface area contributed by atoms with Crippen LogP contribution >= 0.6 is 11.8 Å². The molecule has 0 radical (unpaired) electrons. The molecule has 3 nitrogen and oxygen atoms in total. The minimum absolute atomic E-state index is 0.0172. The number of aryl methyl sites for hydroxylation is 1. The second-order valence-electron chi connectivity index (χ2n) is 6.43. The Morgan fingerprint density at radius 2 is 1.82 bits per heavy atom. The number of nitrogens with zero attached hydrogens (tertiary/aromatic N) is 2. The lowest BCUT2D eigenvalue weighted by Crippen LogP contribution is -2.22. The van der Waals surface area contributed by atoms with Crippen LogP contribution in [0.15, 0.2) is 76.7 Å². The van der Waals surface area contributed by atoms with Crippen molar-refractivity contribution in [2.24, 2.45) is 0 Å². The molecule has 0 atom stereocenters. The molecule has 28 heavy (non-hydrogen) atoms. The van der Waals surface area contributed by atoms with E-state index in [-0.39, 0.29) is 11.2 Å². The van der Waals surface area contributed by atoms with E-state index in [1.165, 1.54) is 22.4 Å². The maximum atomic E-state index is 14.5. The molecule has 1 aromatic heterocycles. The lowest BCUT2D eigenvalue weighted by atomic mass is 10.2. The number of aromatic nitrogens is 2. The molecule has 0 saturated carbocycles. The average Bonchev–Trinajstić information content (AvgIpc) is 2.68. The summed E-state index contributed by atoms with van der Waals surface area (Å²) in [6, 6.07) is 18.1. The van der Waals surface area contributed by atoms with Gasteiger partial charge in [0, 0.05) is 11.8 Å². The molecular formula is C22H16F2N2OS. The van der Waals surface area contributed by atoms with E-state index in [1.54, 1.807) is 24.3 Å². The molecule has 0 saturated heterocycles.